The van der Waals surface area contributed by atoms with Crippen LogP contribution in [-0.4, -0.2) is 49.9 Å². The van der Waals surface area contributed by atoms with Gasteiger partial charge in [0.05, 0.1) is 12.1 Å². The summed E-state index contributed by atoms with van der Waals surface area (Å²) in [6.07, 6.45) is 2.27. The van der Waals surface area contributed by atoms with Crippen molar-refractivity contribution < 1.29 is 19.5 Å². The molecule has 7 nitrogen and oxygen atoms in total. The van der Waals surface area contributed by atoms with Gasteiger partial charge in [0.15, 0.2) is 0 Å². The number of carbonyl (C=O) groups is 3. The summed E-state index contributed by atoms with van der Waals surface area (Å²) < 4.78 is 0. The molecular formula is C23H19N3O4S2. The van der Waals surface area contributed by atoms with Crippen LogP contribution in [-0.2, 0) is 27.2 Å². The molecule has 2 amide bonds. The van der Waals surface area contributed by atoms with Crippen LogP contribution in [0.5, 0.6) is 0 Å². The fourth-order valence-electron chi connectivity index (χ4n) is 4.14. The van der Waals surface area contributed by atoms with Crippen LogP contribution < -0.4 is 5.32 Å². The lowest BCUT2D eigenvalue weighted by Crippen LogP contribution is -2.70. The average molecular weight is 466 g/mol. The lowest BCUT2D eigenvalue weighted by atomic mass is 9.98. The van der Waals surface area contributed by atoms with Crippen molar-refractivity contribution in [1.82, 2.24) is 15.2 Å². The molecular weight excluding hydrogens is 446 g/mol. The molecule has 2 atom stereocenters. The molecule has 32 heavy (non-hydrogen) atoms. The molecule has 2 aliphatic rings. The number of carbonyl (C=O) groups excluding carboxylic acids is 2. The van der Waals surface area contributed by atoms with Crippen molar-refractivity contribution in [2.45, 2.75) is 24.3 Å². The Balaban J connectivity index is 1.37. The number of pyridine rings is 1. The number of amides is 2. The second kappa shape index (κ2) is 8.40. The van der Waals surface area contributed by atoms with Gasteiger partial charge in [0.25, 0.3) is 5.91 Å². The molecule has 0 radical (unpaired) electrons. The standard InChI is InChI=1S/C23H19N3O4S2/c27-18(11-15-5-3-9-31-15)25-19-21(28)26-20(23(29)30)14(12-32-22(19)26)10-17-16-6-2-1-4-13(16)7-8-24-17/h1-9,19,22H,10-12H2,(H,25,27)(H,29,30)/t19?,22-/m1/s1. The maximum atomic E-state index is 12.8. The van der Waals surface area contributed by atoms with Gasteiger partial charge in [0.2, 0.25) is 5.91 Å². The maximum absolute atomic E-state index is 12.8. The highest BCUT2D eigenvalue weighted by atomic mass is 32.2. The number of thioether (sulfide) groups is 1. The van der Waals surface area contributed by atoms with Gasteiger partial charge in [-0.15, -0.1) is 23.1 Å². The van der Waals surface area contributed by atoms with E-state index < -0.39 is 17.4 Å². The van der Waals surface area contributed by atoms with E-state index in [0.29, 0.717) is 17.7 Å². The minimum absolute atomic E-state index is 0.0113. The van der Waals surface area contributed by atoms with Crippen molar-refractivity contribution in [1.29, 1.82) is 0 Å². The first-order valence-corrected chi connectivity index (χ1v) is 12.0. The van der Waals surface area contributed by atoms with Crippen molar-refractivity contribution in [2.75, 3.05) is 5.75 Å². The van der Waals surface area contributed by atoms with Crippen LogP contribution in [0.15, 0.2) is 65.3 Å². The van der Waals surface area contributed by atoms with Crippen molar-refractivity contribution in [3.05, 3.63) is 75.9 Å². The summed E-state index contributed by atoms with van der Waals surface area (Å²) in [5.41, 5.74) is 1.45. The number of nitrogens with zero attached hydrogens (tertiary/aromatic N) is 2. The number of carboxylic acid groups (broad SMARTS) is 1. The molecule has 9 heteroatoms. The summed E-state index contributed by atoms with van der Waals surface area (Å²) in [7, 11) is 0. The zero-order chi connectivity index (χ0) is 22.2. The Bertz CT molecular complexity index is 1250. The Hall–Kier alpha value is -3.17. The van der Waals surface area contributed by atoms with Crippen molar-refractivity contribution >= 4 is 51.7 Å². The highest BCUT2D eigenvalue weighted by Crippen LogP contribution is 2.41. The molecule has 1 unspecified atom stereocenters. The van der Waals surface area contributed by atoms with Crippen LogP contribution in [0.2, 0.25) is 0 Å². The van der Waals surface area contributed by atoms with E-state index in [1.807, 2.05) is 47.8 Å². The molecule has 0 aliphatic carbocycles. The molecule has 0 bridgehead atoms. The summed E-state index contributed by atoms with van der Waals surface area (Å²) >= 11 is 2.95. The Labute approximate surface area is 192 Å². The van der Waals surface area contributed by atoms with Crippen LogP contribution in [0.3, 0.4) is 0 Å². The molecule has 1 aromatic carbocycles. The molecule has 1 saturated heterocycles. The predicted octanol–water partition coefficient (Wildman–Crippen LogP) is 2.82. The number of fused-ring (bicyclic) bond motifs is 2. The topological polar surface area (TPSA) is 99.6 Å². The van der Waals surface area contributed by atoms with Gasteiger partial charge in [-0.25, -0.2) is 4.79 Å². The van der Waals surface area contributed by atoms with E-state index in [9.17, 15) is 19.5 Å². The Kier molecular flexibility index (Phi) is 5.44. The van der Waals surface area contributed by atoms with Crippen molar-refractivity contribution in [3.8, 4) is 0 Å². The molecule has 2 aliphatic heterocycles. The zero-order valence-corrected chi connectivity index (χ0v) is 18.5. The van der Waals surface area contributed by atoms with E-state index in [1.165, 1.54) is 28.0 Å². The van der Waals surface area contributed by atoms with Crippen LogP contribution in [0.4, 0.5) is 0 Å². The van der Waals surface area contributed by atoms with E-state index in [1.54, 1.807) is 6.20 Å². The minimum Gasteiger partial charge on any atom is -0.477 e. The van der Waals surface area contributed by atoms with Gasteiger partial charge in [-0.3, -0.25) is 19.5 Å². The highest BCUT2D eigenvalue weighted by Gasteiger charge is 2.54. The number of thiophene rings is 1. The largest absolute Gasteiger partial charge is 0.477 e. The van der Waals surface area contributed by atoms with E-state index in [0.717, 1.165) is 21.3 Å². The third kappa shape index (κ3) is 3.67. The summed E-state index contributed by atoms with van der Waals surface area (Å²) in [4.78, 5) is 44.0. The SMILES string of the molecule is O=C(Cc1cccs1)NC1C(=O)N2C(C(=O)O)=C(Cc3nccc4ccccc34)CS[C@H]12. The third-order valence-corrected chi connectivity index (χ3v) is 7.83. The second-order valence-corrected chi connectivity index (χ2v) is 9.76. The number of carboxylic acids is 1. The van der Waals surface area contributed by atoms with E-state index in [-0.39, 0.29) is 23.9 Å². The molecule has 162 valence electrons. The first-order chi connectivity index (χ1) is 15.5. The molecule has 2 N–H and O–H groups in total. The summed E-state index contributed by atoms with van der Waals surface area (Å²) in [5.74, 6) is -1.31. The third-order valence-electron chi connectivity index (χ3n) is 5.62. The minimum atomic E-state index is -1.14. The normalized spacial score (nSPS) is 20.1. The Morgan fingerprint density at radius 3 is 2.81 bits per heavy atom. The fourth-order valence-corrected chi connectivity index (χ4v) is 6.19. The summed E-state index contributed by atoms with van der Waals surface area (Å²) in [5, 5.41) is 16.2. The van der Waals surface area contributed by atoms with Gasteiger partial charge in [-0.1, -0.05) is 30.3 Å². The smallest absolute Gasteiger partial charge is 0.352 e. The number of rotatable bonds is 6. The lowest BCUT2D eigenvalue weighted by molar-refractivity contribution is -0.150. The Morgan fingerprint density at radius 1 is 1.19 bits per heavy atom. The molecule has 2 aromatic heterocycles. The fraction of sp³-hybridized carbons (Fsp3) is 0.217. The molecule has 4 heterocycles. The zero-order valence-electron chi connectivity index (χ0n) is 16.9. The first kappa shape index (κ1) is 20.7. The Morgan fingerprint density at radius 2 is 2.03 bits per heavy atom. The molecule has 5 rings (SSSR count). The number of aliphatic carboxylic acids is 1. The van der Waals surface area contributed by atoms with Gasteiger partial charge >= 0.3 is 5.97 Å². The monoisotopic (exact) mass is 465 g/mol. The van der Waals surface area contributed by atoms with Gasteiger partial charge < -0.3 is 10.4 Å². The number of nitrogens with one attached hydrogen (secondary N) is 1. The summed E-state index contributed by atoms with van der Waals surface area (Å²) in [6.45, 7) is 0. The van der Waals surface area contributed by atoms with Crippen molar-refractivity contribution in [3.63, 3.8) is 0 Å². The summed E-state index contributed by atoms with van der Waals surface area (Å²) in [6, 6.07) is 12.8. The number of benzene rings is 1. The van der Waals surface area contributed by atoms with Gasteiger partial charge in [0, 0.05) is 28.6 Å². The number of hydrogen-bond acceptors (Lipinski definition) is 6. The molecule has 0 saturated carbocycles. The number of β-lactam (4-membered cyclic amide) rings is 1. The molecule has 0 spiro atoms. The predicted molar refractivity (Wildman–Crippen MR) is 123 cm³/mol. The van der Waals surface area contributed by atoms with Crippen LogP contribution >= 0.6 is 23.1 Å². The number of aromatic nitrogens is 1. The average Bonchev–Trinajstić information content (AvgIpc) is 3.30. The van der Waals surface area contributed by atoms with Crippen molar-refractivity contribution in [2.24, 2.45) is 0 Å². The highest BCUT2D eigenvalue weighted by molar-refractivity contribution is 8.00. The van der Waals surface area contributed by atoms with Crippen LogP contribution in [0.25, 0.3) is 10.8 Å². The van der Waals surface area contributed by atoms with Gasteiger partial charge in [-0.2, -0.15) is 0 Å². The maximum Gasteiger partial charge on any atom is 0.352 e. The van der Waals surface area contributed by atoms with E-state index >= 15 is 0 Å². The lowest BCUT2D eigenvalue weighted by Gasteiger charge is -2.49. The van der Waals surface area contributed by atoms with Crippen LogP contribution in [0.1, 0.15) is 10.6 Å². The number of hydrogen-bond donors (Lipinski definition) is 2. The van der Waals surface area contributed by atoms with E-state index in [4.69, 9.17) is 0 Å². The van der Waals surface area contributed by atoms with Gasteiger partial charge in [-0.05, 0) is 28.5 Å². The molecule has 3 aromatic rings. The van der Waals surface area contributed by atoms with E-state index in [2.05, 4.69) is 10.3 Å². The molecule has 1 fully saturated rings. The first-order valence-electron chi connectivity index (χ1n) is 10.1. The van der Waals surface area contributed by atoms with Crippen LogP contribution in [0, 0.1) is 0 Å². The van der Waals surface area contributed by atoms with Gasteiger partial charge in [0.1, 0.15) is 17.1 Å². The second-order valence-electron chi connectivity index (χ2n) is 7.62. The quantitative estimate of drug-likeness (QED) is 0.543.